The number of carbonyl (C=O) groups excluding carboxylic acids is 2. The second-order valence-electron chi connectivity index (χ2n) is 4.00. The summed E-state index contributed by atoms with van der Waals surface area (Å²) in [6.45, 7) is 4.06. The van der Waals surface area contributed by atoms with Gasteiger partial charge in [0.1, 0.15) is 5.75 Å². The van der Waals surface area contributed by atoms with E-state index < -0.39 is 11.9 Å². The Morgan fingerprint density at radius 1 is 1.37 bits per heavy atom. The Morgan fingerprint density at radius 3 is 2.74 bits per heavy atom. The van der Waals surface area contributed by atoms with E-state index in [1.165, 1.54) is 0 Å². The average Bonchev–Trinajstić information content (AvgIpc) is 2.35. The molecule has 0 saturated carbocycles. The van der Waals surface area contributed by atoms with Crippen molar-refractivity contribution in [1.82, 2.24) is 10.6 Å². The first-order valence-corrected chi connectivity index (χ1v) is 6.37. The molecule has 0 aromatic heterocycles. The van der Waals surface area contributed by atoms with Crippen molar-refractivity contribution in [2.45, 2.75) is 20.3 Å². The quantitative estimate of drug-likeness (QED) is 0.871. The van der Waals surface area contributed by atoms with E-state index in [1.54, 1.807) is 18.2 Å². The molecule has 6 heteroatoms. The zero-order chi connectivity index (χ0) is 14.3. The van der Waals surface area contributed by atoms with E-state index in [-0.39, 0.29) is 6.61 Å². The molecular formula is C13H17ClN2O3. The SMILES string of the molecule is CCCNC(=O)NC(=O)COc1ccc(Cl)cc1C. The van der Waals surface area contributed by atoms with Gasteiger partial charge in [-0.1, -0.05) is 18.5 Å². The molecule has 0 aliphatic rings. The molecular weight excluding hydrogens is 268 g/mol. The van der Waals surface area contributed by atoms with Crippen molar-refractivity contribution in [2.75, 3.05) is 13.2 Å². The number of urea groups is 1. The zero-order valence-electron chi connectivity index (χ0n) is 11.0. The van der Waals surface area contributed by atoms with Crippen molar-refractivity contribution < 1.29 is 14.3 Å². The number of aryl methyl sites for hydroxylation is 1. The third-order valence-corrected chi connectivity index (χ3v) is 2.52. The normalized spacial score (nSPS) is 9.84. The highest BCUT2D eigenvalue weighted by molar-refractivity contribution is 6.30. The van der Waals surface area contributed by atoms with E-state index in [0.29, 0.717) is 17.3 Å². The van der Waals surface area contributed by atoms with Crippen LogP contribution in [0.4, 0.5) is 4.79 Å². The summed E-state index contributed by atoms with van der Waals surface area (Å²) < 4.78 is 5.31. The van der Waals surface area contributed by atoms with Crippen LogP contribution in [-0.2, 0) is 4.79 Å². The minimum Gasteiger partial charge on any atom is -0.483 e. The number of hydrogen-bond donors (Lipinski definition) is 2. The van der Waals surface area contributed by atoms with Crippen LogP contribution in [0.15, 0.2) is 18.2 Å². The number of rotatable bonds is 5. The lowest BCUT2D eigenvalue weighted by Gasteiger charge is -2.09. The molecule has 2 N–H and O–H groups in total. The van der Waals surface area contributed by atoms with Crippen molar-refractivity contribution in [3.8, 4) is 5.75 Å². The molecule has 1 rings (SSSR count). The van der Waals surface area contributed by atoms with Crippen LogP contribution in [0.5, 0.6) is 5.75 Å². The molecule has 0 saturated heterocycles. The molecule has 3 amide bonds. The smallest absolute Gasteiger partial charge is 0.321 e. The predicted molar refractivity (Wildman–Crippen MR) is 73.5 cm³/mol. The van der Waals surface area contributed by atoms with Crippen molar-refractivity contribution in [1.29, 1.82) is 0 Å². The lowest BCUT2D eigenvalue weighted by atomic mass is 10.2. The first kappa shape index (κ1) is 15.3. The van der Waals surface area contributed by atoms with Gasteiger partial charge in [-0.3, -0.25) is 10.1 Å². The van der Waals surface area contributed by atoms with E-state index >= 15 is 0 Å². The largest absolute Gasteiger partial charge is 0.483 e. The van der Waals surface area contributed by atoms with Crippen molar-refractivity contribution >= 4 is 23.5 Å². The zero-order valence-corrected chi connectivity index (χ0v) is 11.7. The molecule has 1 aromatic carbocycles. The number of hydrogen-bond acceptors (Lipinski definition) is 3. The molecule has 1 aromatic rings. The van der Waals surface area contributed by atoms with Crippen LogP contribution in [0.2, 0.25) is 5.02 Å². The first-order chi connectivity index (χ1) is 9.02. The molecule has 0 atom stereocenters. The lowest BCUT2D eigenvalue weighted by Crippen LogP contribution is -2.41. The molecule has 0 fully saturated rings. The van der Waals surface area contributed by atoms with Gasteiger partial charge in [0.15, 0.2) is 6.61 Å². The fourth-order valence-corrected chi connectivity index (χ4v) is 1.59. The fraction of sp³-hybridized carbons (Fsp3) is 0.385. The van der Waals surface area contributed by atoms with Crippen molar-refractivity contribution in [3.05, 3.63) is 28.8 Å². The Bertz CT molecular complexity index is 463. The highest BCUT2D eigenvalue weighted by Gasteiger charge is 2.08. The third kappa shape index (κ3) is 5.61. The van der Waals surface area contributed by atoms with E-state index in [9.17, 15) is 9.59 Å². The Balaban J connectivity index is 2.39. The predicted octanol–water partition coefficient (Wildman–Crippen LogP) is 2.26. The van der Waals surface area contributed by atoms with Gasteiger partial charge in [-0.05, 0) is 37.1 Å². The molecule has 0 aliphatic heterocycles. The first-order valence-electron chi connectivity index (χ1n) is 5.99. The molecule has 0 spiro atoms. The van der Waals surface area contributed by atoms with Crippen LogP contribution in [0.1, 0.15) is 18.9 Å². The topological polar surface area (TPSA) is 67.4 Å². The summed E-state index contributed by atoms with van der Waals surface area (Å²) in [6, 6.07) is 4.59. The molecule has 5 nitrogen and oxygen atoms in total. The van der Waals surface area contributed by atoms with Gasteiger partial charge >= 0.3 is 6.03 Å². The summed E-state index contributed by atoms with van der Waals surface area (Å²) in [7, 11) is 0. The van der Waals surface area contributed by atoms with E-state index in [2.05, 4.69) is 10.6 Å². The van der Waals surface area contributed by atoms with E-state index in [4.69, 9.17) is 16.3 Å². The van der Waals surface area contributed by atoms with Gasteiger partial charge in [-0.25, -0.2) is 4.79 Å². The minimum absolute atomic E-state index is 0.220. The monoisotopic (exact) mass is 284 g/mol. The fourth-order valence-electron chi connectivity index (χ4n) is 1.36. The number of halogens is 1. The highest BCUT2D eigenvalue weighted by atomic mass is 35.5. The van der Waals surface area contributed by atoms with Crippen LogP contribution in [-0.4, -0.2) is 25.1 Å². The van der Waals surface area contributed by atoms with Gasteiger partial charge in [0.05, 0.1) is 0 Å². The maximum absolute atomic E-state index is 11.4. The number of ether oxygens (including phenoxy) is 1. The van der Waals surface area contributed by atoms with Gasteiger partial charge in [0, 0.05) is 11.6 Å². The number of carbonyl (C=O) groups is 2. The molecule has 0 aliphatic carbocycles. The summed E-state index contributed by atoms with van der Waals surface area (Å²) in [4.78, 5) is 22.7. The van der Waals surface area contributed by atoms with Gasteiger partial charge in [-0.15, -0.1) is 0 Å². The molecule has 0 bridgehead atoms. The van der Waals surface area contributed by atoms with Gasteiger partial charge in [-0.2, -0.15) is 0 Å². The van der Waals surface area contributed by atoms with Crippen LogP contribution < -0.4 is 15.4 Å². The molecule has 0 unspecified atom stereocenters. The Kier molecular flexibility index (Phi) is 6.15. The number of amides is 3. The molecule has 0 heterocycles. The Labute approximate surface area is 117 Å². The third-order valence-electron chi connectivity index (χ3n) is 2.28. The molecule has 0 radical (unpaired) electrons. The standard InChI is InChI=1S/C13H17ClN2O3/c1-3-6-15-13(18)16-12(17)8-19-11-5-4-10(14)7-9(11)2/h4-5,7H,3,6,8H2,1-2H3,(H2,15,16,17,18). The summed E-state index contributed by atoms with van der Waals surface area (Å²) in [5.41, 5.74) is 0.829. The van der Waals surface area contributed by atoms with Gasteiger partial charge in [0.25, 0.3) is 5.91 Å². The summed E-state index contributed by atoms with van der Waals surface area (Å²) in [6.07, 6.45) is 0.808. The molecule has 104 valence electrons. The van der Waals surface area contributed by atoms with Gasteiger partial charge in [0.2, 0.25) is 0 Å². The highest BCUT2D eigenvalue weighted by Crippen LogP contribution is 2.21. The van der Waals surface area contributed by atoms with Crippen LogP contribution >= 0.6 is 11.6 Å². The Hall–Kier alpha value is -1.75. The second kappa shape index (κ2) is 7.63. The van der Waals surface area contributed by atoms with Crippen LogP contribution in [0.3, 0.4) is 0 Å². The number of benzene rings is 1. The Morgan fingerprint density at radius 2 is 2.11 bits per heavy atom. The van der Waals surface area contributed by atoms with E-state index in [1.807, 2.05) is 13.8 Å². The number of imide groups is 1. The summed E-state index contributed by atoms with van der Waals surface area (Å²) in [5.74, 6) is 0.0662. The number of nitrogens with one attached hydrogen (secondary N) is 2. The minimum atomic E-state index is -0.511. The average molecular weight is 285 g/mol. The summed E-state index contributed by atoms with van der Waals surface area (Å²) in [5, 5.41) is 5.32. The second-order valence-corrected chi connectivity index (χ2v) is 4.44. The molecule has 19 heavy (non-hydrogen) atoms. The van der Waals surface area contributed by atoms with Crippen molar-refractivity contribution in [2.24, 2.45) is 0 Å². The van der Waals surface area contributed by atoms with Crippen LogP contribution in [0, 0.1) is 6.92 Å². The van der Waals surface area contributed by atoms with E-state index in [0.717, 1.165) is 12.0 Å². The maximum Gasteiger partial charge on any atom is 0.321 e. The lowest BCUT2D eigenvalue weighted by molar-refractivity contribution is -0.122. The summed E-state index contributed by atoms with van der Waals surface area (Å²) >= 11 is 5.81. The van der Waals surface area contributed by atoms with Gasteiger partial charge < -0.3 is 10.1 Å². The van der Waals surface area contributed by atoms with Crippen molar-refractivity contribution in [3.63, 3.8) is 0 Å². The van der Waals surface area contributed by atoms with Crippen LogP contribution in [0.25, 0.3) is 0 Å². The maximum atomic E-state index is 11.4.